The number of ketones is 2. The van der Waals surface area contributed by atoms with E-state index in [1.807, 2.05) is 0 Å². The van der Waals surface area contributed by atoms with Crippen LogP contribution < -0.4 is 5.73 Å². The molecule has 0 heterocycles. The number of amides is 1. The third-order valence-corrected chi connectivity index (χ3v) is 6.57. The highest BCUT2D eigenvalue weighted by molar-refractivity contribution is 6.23. The number of carbonyl (C=O) groups excluding carboxylic acids is 3. The molecule has 5 rings (SSSR count). The molecular formula is C22H19NO7. The van der Waals surface area contributed by atoms with Gasteiger partial charge in [0.05, 0.1) is 10.9 Å². The molecular weight excluding hydrogens is 390 g/mol. The van der Waals surface area contributed by atoms with Crippen molar-refractivity contribution in [3.8, 4) is 11.5 Å². The van der Waals surface area contributed by atoms with Crippen LogP contribution in [-0.2, 0) is 16.0 Å². The zero-order valence-corrected chi connectivity index (χ0v) is 15.8. The number of fused-ring (bicyclic) bond motifs is 3. The Balaban J connectivity index is 1.79. The van der Waals surface area contributed by atoms with Gasteiger partial charge < -0.3 is 26.2 Å². The smallest absolute Gasteiger partial charge is 0.255 e. The second-order valence-electron chi connectivity index (χ2n) is 8.34. The molecule has 154 valence electrons. The van der Waals surface area contributed by atoms with Gasteiger partial charge in [-0.1, -0.05) is 6.07 Å². The van der Waals surface area contributed by atoms with Gasteiger partial charge in [0.15, 0.2) is 11.4 Å². The van der Waals surface area contributed by atoms with E-state index in [9.17, 15) is 34.8 Å². The molecule has 2 atom stereocenters. The number of rotatable bonds is 2. The van der Waals surface area contributed by atoms with E-state index >= 15 is 0 Å². The Morgan fingerprint density at radius 1 is 1.10 bits per heavy atom. The fourth-order valence-electron chi connectivity index (χ4n) is 4.93. The van der Waals surface area contributed by atoms with Gasteiger partial charge in [0, 0.05) is 12.3 Å². The van der Waals surface area contributed by atoms with Crippen LogP contribution in [0.2, 0.25) is 0 Å². The molecule has 0 spiro atoms. The zero-order valence-electron chi connectivity index (χ0n) is 15.8. The van der Waals surface area contributed by atoms with Gasteiger partial charge in [0.1, 0.15) is 22.8 Å². The van der Waals surface area contributed by atoms with E-state index in [-0.39, 0.29) is 29.5 Å². The molecule has 0 bridgehead atoms. The highest BCUT2D eigenvalue weighted by Gasteiger charge is 2.57. The summed E-state index contributed by atoms with van der Waals surface area (Å²) in [6.07, 6.45) is 1.64. The molecule has 8 heteroatoms. The first kappa shape index (κ1) is 18.6. The predicted molar refractivity (Wildman–Crippen MR) is 104 cm³/mol. The summed E-state index contributed by atoms with van der Waals surface area (Å²) < 4.78 is 0. The van der Waals surface area contributed by atoms with Crippen molar-refractivity contribution in [2.75, 3.05) is 0 Å². The van der Waals surface area contributed by atoms with Crippen LogP contribution in [0.25, 0.3) is 10.8 Å². The van der Waals surface area contributed by atoms with Crippen LogP contribution in [0.4, 0.5) is 0 Å². The van der Waals surface area contributed by atoms with Crippen LogP contribution in [0, 0.1) is 5.92 Å². The van der Waals surface area contributed by atoms with Crippen molar-refractivity contribution in [3.63, 3.8) is 0 Å². The standard InChI is InChI=1S/C22H19NO7/c23-21(29)17-14(25)7-10-5-9-6-12-11(8-1-2-8)3-4-13(24)16(12)18(26)15(9)19(27)22(10,30)20(17)28/h3-4,6,8,10,24,26,28,30H,1-2,5,7H2,(H2,23,29). The lowest BCUT2D eigenvalue weighted by Crippen LogP contribution is -2.56. The summed E-state index contributed by atoms with van der Waals surface area (Å²) in [5.74, 6) is -5.51. The van der Waals surface area contributed by atoms with Crippen molar-refractivity contribution in [3.05, 3.63) is 46.2 Å². The minimum absolute atomic E-state index is 0.0165. The topological polar surface area (TPSA) is 158 Å². The van der Waals surface area contributed by atoms with Crippen molar-refractivity contribution in [2.45, 2.75) is 37.2 Å². The third kappa shape index (κ3) is 2.22. The highest BCUT2D eigenvalue weighted by Crippen LogP contribution is 2.51. The van der Waals surface area contributed by atoms with Gasteiger partial charge in [-0.25, -0.2) is 0 Å². The number of hydrogen-bond acceptors (Lipinski definition) is 7. The summed E-state index contributed by atoms with van der Waals surface area (Å²) in [7, 11) is 0. The number of primary amides is 1. The molecule has 0 radical (unpaired) electrons. The number of nitrogens with two attached hydrogens (primary N) is 1. The summed E-state index contributed by atoms with van der Waals surface area (Å²) >= 11 is 0. The SMILES string of the molecule is NC(=O)C1=C(O)C2(O)C(=O)c3c(cc4c(C5CC5)ccc(O)c4c3O)CC2CC1=O. The molecule has 8 nitrogen and oxygen atoms in total. The van der Waals surface area contributed by atoms with E-state index < -0.39 is 46.1 Å². The van der Waals surface area contributed by atoms with Crippen LogP contribution >= 0.6 is 0 Å². The molecule has 0 aromatic heterocycles. The maximum absolute atomic E-state index is 13.3. The van der Waals surface area contributed by atoms with E-state index in [1.54, 1.807) is 12.1 Å². The average Bonchev–Trinajstić information content (AvgIpc) is 3.49. The maximum atomic E-state index is 13.3. The molecule has 3 aliphatic rings. The van der Waals surface area contributed by atoms with Crippen molar-refractivity contribution in [1.82, 2.24) is 0 Å². The summed E-state index contributed by atoms with van der Waals surface area (Å²) in [4.78, 5) is 37.2. The Kier molecular flexibility index (Phi) is 3.62. The van der Waals surface area contributed by atoms with Gasteiger partial charge in [-0.05, 0) is 53.8 Å². The number of phenolic OH excluding ortho intramolecular Hbond substituents is 2. The molecule has 30 heavy (non-hydrogen) atoms. The van der Waals surface area contributed by atoms with Gasteiger partial charge in [0.2, 0.25) is 5.78 Å². The Labute approximate surface area is 170 Å². The lowest BCUT2D eigenvalue weighted by atomic mass is 9.64. The van der Waals surface area contributed by atoms with Crippen LogP contribution in [0.1, 0.15) is 46.7 Å². The normalized spacial score (nSPS) is 26.0. The van der Waals surface area contributed by atoms with Crippen molar-refractivity contribution < 1.29 is 34.8 Å². The Morgan fingerprint density at radius 3 is 2.43 bits per heavy atom. The predicted octanol–water partition coefficient (Wildman–Crippen LogP) is 1.48. The number of aliphatic hydroxyl groups is 2. The quantitative estimate of drug-likeness (QED) is 0.470. The molecule has 1 saturated carbocycles. The summed E-state index contributed by atoms with van der Waals surface area (Å²) in [6, 6.07) is 4.94. The summed E-state index contributed by atoms with van der Waals surface area (Å²) in [5, 5.41) is 43.7. The summed E-state index contributed by atoms with van der Waals surface area (Å²) in [6.45, 7) is 0. The minimum Gasteiger partial charge on any atom is -0.508 e. The van der Waals surface area contributed by atoms with E-state index in [0.29, 0.717) is 16.9 Å². The van der Waals surface area contributed by atoms with Gasteiger partial charge >= 0.3 is 0 Å². The van der Waals surface area contributed by atoms with Gasteiger partial charge in [0.25, 0.3) is 5.91 Å². The van der Waals surface area contributed by atoms with E-state index in [4.69, 9.17) is 5.73 Å². The summed E-state index contributed by atoms with van der Waals surface area (Å²) in [5.41, 5.74) is 2.93. The number of benzene rings is 2. The second kappa shape index (κ2) is 5.82. The molecule has 6 N–H and O–H groups in total. The number of hydrogen-bond donors (Lipinski definition) is 5. The molecule has 3 aliphatic carbocycles. The van der Waals surface area contributed by atoms with Crippen molar-refractivity contribution >= 4 is 28.2 Å². The number of aromatic hydroxyl groups is 2. The molecule has 0 saturated heterocycles. The number of carbonyl (C=O) groups is 3. The zero-order chi connectivity index (χ0) is 21.5. The monoisotopic (exact) mass is 409 g/mol. The van der Waals surface area contributed by atoms with E-state index in [2.05, 4.69) is 0 Å². The number of phenols is 2. The Hall–Kier alpha value is -3.39. The van der Waals surface area contributed by atoms with E-state index in [0.717, 1.165) is 18.4 Å². The number of aliphatic hydroxyl groups excluding tert-OH is 1. The first-order chi connectivity index (χ1) is 14.2. The van der Waals surface area contributed by atoms with Crippen LogP contribution in [0.15, 0.2) is 29.5 Å². The Morgan fingerprint density at radius 2 is 1.80 bits per heavy atom. The fraction of sp³-hybridized carbons (Fsp3) is 0.318. The molecule has 2 aromatic rings. The lowest BCUT2D eigenvalue weighted by Gasteiger charge is -2.41. The van der Waals surface area contributed by atoms with Gasteiger partial charge in [-0.2, -0.15) is 0 Å². The fourth-order valence-corrected chi connectivity index (χ4v) is 4.93. The maximum Gasteiger partial charge on any atom is 0.255 e. The van der Waals surface area contributed by atoms with Crippen molar-refractivity contribution in [1.29, 1.82) is 0 Å². The molecule has 0 aliphatic heterocycles. The molecule has 2 aromatic carbocycles. The minimum atomic E-state index is -2.56. The first-order valence-corrected chi connectivity index (χ1v) is 9.70. The molecule has 1 amide bonds. The third-order valence-electron chi connectivity index (χ3n) is 6.57. The van der Waals surface area contributed by atoms with Crippen LogP contribution in [-0.4, -0.2) is 43.5 Å². The molecule has 1 fully saturated rings. The van der Waals surface area contributed by atoms with Gasteiger partial charge in [-0.15, -0.1) is 0 Å². The number of Topliss-reactive ketones (excluding diaryl/α,β-unsaturated/α-hetero) is 2. The van der Waals surface area contributed by atoms with Gasteiger partial charge in [-0.3, -0.25) is 14.4 Å². The highest BCUT2D eigenvalue weighted by atomic mass is 16.3. The van der Waals surface area contributed by atoms with Crippen LogP contribution in [0.3, 0.4) is 0 Å². The van der Waals surface area contributed by atoms with E-state index in [1.165, 1.54) is 6.07 Å². The average molecular weight is 409 g/mol. The van der Waals surface area contributed by atoms with Crippen molar-refractivity contribution in [2.24, 2.45) is 11.7 Å². The second-order valence-corrected chi connectivity index (χ2v) is 8.34. The Bertz CT molecular complexity index is 1220. The molecule has 2 unspecified atom stereocenters. The van der Waals surface area contributed by atoms with Crippen LogP contribution in [0.5, 0.6) is 11.5 Å². The largest absolute Gasteiger partial charge is 0.508 e. The lowest BCUT2D eigenvalue weighted by molar-refractivity contribution is -0.125. The first-order valence-electron chi connectivity index (χ1n) is 9.70.